The molecule has 5 nitrogen and oxygen atoms in total. The Bertz CT molecular complexity index is 456. The first kappa shape index (κ1) is 17.2. The molecule has 0 heterocycles. The van der Waals surface area contributed by atoms with Crippen molar-refractivity contribution in [3.8, 4) is 5.75 Å². The van der Waals surface area contributed by atoms with E-state index in [-0.39, 0.29) is 0 Å². The Hall–Kier alpha value is -1.85. The topological polar surface area (TPSA) is 59.0 Å². The summed E-state index contributed by atoms with van der Waals surface area (Å²) >= 11 is 0. The Morgan fingerprint density at radius 3 is 2.62 bits per heavy atom. The van der Waals surface area contributed by atoms with Crippen LogP contribution in [0.3, 0.4) is 0 Å². The molecule has 1 aromatic carbocycles. The van der Waals surface area contributed by atoms with Crippen molar-refractivity contribution in [3.05, 3.63) is 35.9 Å². The zero-order valence-electron chi connectivity index (χ0n) is 12.8. The molecule has 1 atom stereocenters. The maximum atomic E-state index is 10.4. The lowest BCUT2D eigenvalue weighted by Crippen LogP contribution is -2.35. The second-order valence-electron chi connectivity index (χ2n) is 4.87. The van der Waals surface area contributed by atoms with Crippen molar-refractivity contribution in [2.45, 2.75) is 13.0 Å². The largest absolute Gasteiger partial charge is 0.492 e. The molecule has 0 fully saturated rings. The number of nitrogens with zero attached hydrogens (tertiary/aromatic N) is 1. The van der Waals surface area contributed by atoms with E-state index in [4.69, 9.17) is 14.6 Å². The molecular formula is C16H23NO4. The van der Waals surface area contributed by atoms with Gasteiger partial charge in [-0.3, -0.25) is 4.90 Å². The number of carboxylic acids is 1. The van der Waals surface area contributed by atoms with E-state index in [1.165, 1.54) is 0 Å². The van der Waals surface area contributed by atoms with Gasteiger partial charge in [-0.15, -0.1) is 0 Å². The highest BCUT2D eigenvalue weighted by molar-refractivity contribution is 5.85. The Kier molecular flexibility index (Phi) is 7.50. The predicted octanol–water partition coefficient (Wildman–Crippen LogP) is 2.13. The van der Waals surface area contributed by atoms with E-state index >= 15 is 0 Å². The maximum Gasteiger partial charge on any atom is 0.328 e. The van der Waals surface area contributed by atoms with Crippen molar-refractivity contribution in [1.82, 2.24) is 4.90 Å². The second-order valence-corrected chi connectivity index (χ2v) is 4.87. The van der Waals surface area contributed by atoms with E-state index in [1.807, 2.05) is 31.3 Å². The van der Waals surface area contributed by atoms with Gasteiger partial charge in [-0.25, -0.2) is 4.79 Å². The van der Waals surface area contributed by atoms with Gasteiger partial charge in [-0.2, -0.15) is 0 Å². The number of benzene rings is 1. The highest BCUT2D eigenvalue weighted by Gasteiger charge is 2.08. The van der Waals surface area contributed by atoms with E-state index in [0.29, 0.717) is 19.3 Å². The van der Waals surface area contributed by atoms with Crippen LogP contribution in [0.15, 0.2) is 30.3 Å². The molecule has 0 bridgehead atoms. The molecule has 1 aromatic rings. The summed E-state index contributed by atoms with van der Waals surface area (Å²) < 4.78 is 10.8. The summed E-state index contributed by atoms with van der Waals surface area (Å²) in [6, 6.07) is 7.67. The van der Waals surface area contributed by atoms with Gasteiger partial charge in [-0.1, -0.05) is 12.1 Å². The molecular weight excluding hydrogens is 270 g/mol. The number of carboxylic acid groups (broad SMARTS) is 1. The van der Waals surface area contributed by atoms with E-state index in [1.54, 1.807) is 13.2 Å². The van der Waals surface area contributed by atoms with Crippen molar-refractivity contribution in [1.29, 1.82) is 0 Å². The van der Waals surface area contributed by atoms with Crippen LogP contribution in [0.2, 0.25) is 0 Å². The molecule has 0 aliphatic carbocycles. The highest BCUT2D eigenvalue weighted by atomic mass is 16.5. The SMILES string of the molecule is COCC(C)N(C)CCOc1ccc(C=CC(=O)O)cc1. The molecule has 1 unspecified atom stereocenters. The number of hydrogen-bond donors (Lipinski definition) is 1. The first-order valence-corrected chi connectivity index (χ1v) is 6.86. The number of hydrogen-bond acceptors (Lipinski definition) is 4. The minimum absolute atomic E-state index is 0.349. The Balaban J connectivity index is 2.37. The van der Waals surface area contributed by atoms with Crippen LogP contribution in [0.4, 0.5) is 0 Å². The second kappa shape index (κ2) is 9.15. The molecule has 0 radical (unpaired) electrons. The summed E-state index contributed by atoms with van der Waals surface area (Å²) in [5, 5.41) is 8.56. The van der Waals surface area contributed by atoms with Gasteiger partial charge >= 0.3 is 5.97 Å². The van der Waals surface area contributed by atoms with Gasteiger partial charge in [0.2, 0.25) is 0 Å². The van der Waals surface area contributed by atoms with E-state index in [2.05, 4.69) is 11.8 Å². The van der Waals surface area contributed by atoms with Crippen molar-refractivity contribution >= 4 is 12.0 Å². The number of carbonyl (C=O) groups is 1. The van der Waals surface area contributed by atoms with Crippen LogP contribution in [0, 0.1) is 0 Å². The van der Waals surface area contributed by atoms with Crippen LogP contribution in [0.25, 0.3) is 6.08 Å². The molecule has 21 heavy (non-hydrogen) atoms. The normalized spacial score (nSPS) is 12.8. The summed E-state index contributed by atoms with van der Waals surface area (Å²) in [5.74, 6) is -0.182. The van der Waals surface area contributed by atoms with Gasteiger partial charge in [0.25, 0.3) is 0 Å². The van der Waals surface area contributed by atoms with Crippen LogP contribution in [-0.4, -0.2) is 55.9 Å². The van der Waals surface area contributed by atoms with Crippen molar-refractivity contribution in [2.24, 2.45) is 0 Å². The number of aliphatic carboxylic acids is 1. The number of likely N-dealkylation sites (N-methyl/N-ethyl adjacent to an activating group) is 1. The summed E-state index contributed by atoms with van der Waals surface area (Å²) in [5.41, 5.74) is 0.829. The van der Waals surface area contributed by atoms with E-state index < -0.39 is 5.97 Å². The smallest absolute Gasteiger partial charge is 0.328 e. The molecule has 0 aliphatic rings. The van der Waals surface area contributed by atoms with Gasteiger partial charge in [0, 0.05) is 25.8 Å². The van der Waals surface area contributed by atoms with Crippen LogP contribution < -0.4 is 4.74 Å². The van der Waals surface area contributed by atoms with Gasteiger partial charge < -0.3 is 14.6 Å². The first-order chi connectivity index (χ1) is 10.0. The average Bonchev–Trinajstić information content (AvgIpc) is 2.46. The Morgan fingerprint density at radius 2 is 2.05 bits per heavy atom. The lowest BCUT2D eigenvalue weighted by Gasteiger charge is -2.23. The third kappa shape index (κ3) is 6.92. The molecule has 0 aliphatic heterocycles. The zero-order valence-corrected chi connectivity index (χ0v) is 12.8. The lowest BCUT2D eigenvalue weighted by molar-refractivity contribution is -0.131. The zero-order chi connectivity index (χ0) is 15.7. The van der Waals surface area contributed by atoms with Gasteiger partial charge in [0.05, 0.1) is 6.61 Å². The van der Waals surface area contributed by atoms with Gasteiger partial charge in [-0.05, 0) is 37.7 Å². The number of rotatable bonds is 9. The minimum Gasteiger partial charge on any atom is -0.492 e. The molecule has 116 valence electrons. The van der Waals surface area contributed by atoms with Crippen molar-refractivity contribution < 1.29 is 19.4 Å². The van der Waals surface area contributed by atoms with Crippen molar-refractivity contribution in [2.75, 3.05) is 33.9 Å². The van der Waals surface area contributed by atoms with Crippen LogP contribution in [-0.2, 0) is 9.53 Å². The molecule has 0 saturated carbocycles. The maximum absolute atomic E-state index is 10.4. The minimum atomic E-state index is -0.955. The molecule has 0 aromatic heterocycles. The summed E-state index contributed by atoms with van der Waals surface area (Å²) in [4.78, 5) is 12.6. The van der Waals surface area contributed by atoms with Crippen LogP contribution >= 0.6 is 0 Å². The Labute approximate surface area is 125 Å². The van der Waals surface area contributed by atoms with Crippen LogP contribution in [0.1, 0.15) is 12.5 Å². The fourth-order valence-corrected chi connectivity index (χ4v) is 1.74. The monoisotopic (exact) mass is 293 g/mol. The first-order valence-electron chi connectivity index (χ1n) is 6.86. The average molecular weight is 293 g/mol. The fraction of sp³-hybridized carbons (Fsp3) is 0.438. The van der Waals surface area contributed by atoms with Crippen LogP contribution in [0.5, 0.6) is 5.75 Å². The molecule has 5 heteroatoms. The highest BCUT2D eigenvalue weighted by Crippen LogP contribution is 2.13. The number of ether oxygens (including phenoxy) is 2. The van der Waals surface area contributed by atoms with Crippen molar-refractivity contribution in [3.63, 3.8) is 0 Å². The molecule has 0 spiro atoms. The van der Waals surface area contributed by atoms with Gasteiger partial charge in [0.1, 0.15) is 12.4 Å². The summed E-state index contributed by atoms with van der Waals surface area (Å²) in [6.07, 6.45) is 2.66. The summed E-state index contributed by atoms with van der Waals surface area (Å²) in [6.45, 7) is 4.20. The summed E-state index contributed by atoms with van der Waals surface area (Å²) in [7, 11) is 3.73. The molecule has 1 N–H and O–H groups in total. The third-order valence-electron chi connectivity index (χ3n) is 3.17. The third-order valence-corrected chi connectivity index (χ3v) is 3.17. The lowest BCUT2D eigenvalue weighted by atomic mass is 10.2. The predicted molar refractivity (Wildman–Crippen MR) is 82.6 cm³/mol. The standard InChI is InChI=1S/C16H23NO4/c1-13(12-20-3)17(2)10-11-21-15-7-4-14(5-8-15)6-9-16(18)19/h4-9,13H,10-12H2,1-3H3,(H,18,19). The molecule has 1 rings (SSSR count). The van der Waals surface area contributed by atoms with Gasteiger partial charge in [0.15, 0.2) is 0 Å². The molecule has 0 amide bonds. The quantitative estimate of drug-likeness (QED) is 0.707. The van der Waals surface area contributed by atoms with E-state index in [0.717, 1.165) is 23.9 Å². The van der Waals surface area contributed by atoms with E-state index in [9.17, 15) is 4.79 Å². The molecule has 0 saturated heterocycles. The fourth-order valence-electron chi connectivity index (χ4n) is 1.74. The number of methoxy groups -OCH3 is 1. The Morgan fingerprint density at radius 1 is 1.38 bits per heavy atom.